The Bertz CT molecular complexity index is 1320. The maximum absolute atomic E-state index is 13.7. The summed E-state index contributed by atoms with van der Waals surface area (Å²) in [6.45, 7) is 3.62. The second-order valence-electron chi connectivity index (χ2n) is 9.34. The van der Waals surface area contributed by atoms with E-state index < -0.39 is 22.2 Å². The zero-order valence-corrected chi connectivity index (χ0v) is 21.9. The van der Waals surface area contributed by atoms with Crippen molar-refractivity contribution >= 4 is 15.9 Å². The summed E-state index contributed by atoms with van der Waals surface area (Å²) in [4.78, 5) is 26.6. The maximum atomic E-state index is 13.7. The molecular formula is C26H31N5O5S. The number of rotatable bonds is 7. The van der Waals surface area contributed by atoms with Gasteiger partial charge in [-0.3, -0.25) is 9.78 Å². The number of aromatic nitrogens is 3. The van der Waals surface area contributed by atoms with E-state index in [1.165, 1.54) is 16.7 Å². The van der Waals surface area contributed by atoms with Gasteiger partial charge in [-0.1, -0.05) is 13.0 Å². The normalized spacial score (nSPS) is 20.1. The molecule has 1 aliphatic heterocycles. The van der Waals surface area contributed by atoms with Crippen molar-refractivity contribution in [2.45, 2.75) is 37.3 Å². The highest BCUT2D eigenvalue weighted by Crippen LogP contribution is 2.36. The molecule has 37 heavy (non-hydrogen) atoms. The number of fused-ring (bicyclic) bond motifs is 1. The number of likely N-dealkylation sites (N-methyl/N-ethyl adjacent to an activating group) is 1. The molecule has 0 radical (unpaired) electrons. The Morgan fingerprint density at radius 2 is 1.86 bits per heavy atom. The third-order valence-electron chi connectivity index (χ3n) is 6.55. The fourth-order valence-corrected chi connectivity index (χ4v) is 6.08. The highest BCUT2D eigenvalue weighted by molar-refractivity contribution is 7.89. The molecule has 1 amide bonds. The molecule has 3 heterocycles. The van der Waals surface area contributed by atoms with Crippen LogP contribution in [-0.4, -0.2) is 82.5 Å². The highest BCUT2D eigenvalue weighted by Gasteiger charge is 2.38. The molecule has 0 saturated carbocycles. The number of hydrogen-bond donors (Lipinski definition) is 1. The molecule has 3 atom stereocenters. The molecule has 0 fully saturated rings. The van der Waals surface area contributed by atoms with E-state index >= 15 is 0 Å². The largest absolute Gasteiger partial charge is 0.487 e. The smallest absolute Gasteiger partial charge is 0.247 e. The van der Waals surface area contributed by atoms with Crippen LogP contribution in [0.5, 0.6) is 5.75 Å². The number of aliphatic hydroxyl groups excluding tert-OH is 1. The van der Waals surface area contributed by atoms with Crippen LogP contribution in [-0.2, 0) is 21.2 Å². The van der Waals surface area contributed by atoms with Crippen molar-refractivity contribution in [3.05, 3.63) is 67.0 Å². The standard InChI is InChI=1S/C26H31N5O5S/c1-18-14-31(19(2)16-32)37(34,35)25-5-4-21(22-12-28-17-29-13-22)11-23(25)36-24(18)15-30(3)26(33)10-20-6-8-27-9-7-20/h4-9,11-13,17-19,24,32H,10,14-16H2,1-3H3/t18-,19+,24-/m0/s1. The van der Waals surface area contributed by atoms with Crippen LogP contribution in [0.1, 0.15) is 19.4 Å². The summed E-state index contributed by atoms with van der Waals surface area (Å²) in [6.07, 6.45) is 7.70. The molecular weight excluding hydrogens is 494 g/mol. The molecule has 0 spiro atoms. The predicted molar refractivity (Wildman–Crippen MR) is 137 cm³/mol. The van der Waals surface area contributed by atoms with Gasteiger partial charge in [0.25, 0.3) is 0 Å². The molecule has 1 aliphatic rings. The van der Waals surface area contributed by atoms with Crippen LogP contribution in [0.15, 0.2) is 66.3 Å². The number of nitrogens with zero attached hydrogens (tertiary/aromatic N) is 5. The van der Waals surface area contributed by atoms with Gasteiger partial charge in [0.15, 0.2) is 0 Å². The third kappa shape index (κ3) is 5.95. The van der Waals surface area contributed by atoms with E-state index in [0.717, 1.165) is 5.56 Å². The minimum Gasteiger partial charge on any atom is -0.487 e. The number of carbonyl (C=O) groups is 1. The summed E-state index contributed by atoms with van der Waals surface area (Å²) in [5.41, 5.74) is 2.26. The summed E-state index contributed by atoms with van der Waals surface area (Å²) >= 11 is 0. The van der Waals surface area contributed by atoms with Crippen molar-refractivity contribution in [2.75, 3.05) is 26.7 Å². The lowest BCUT2D eigenvalue weighted by atomic mass is 10.0. The van der Waals surface area contributed by atoms with E-state index in [1.54, 1.807) is 67.9 Å². The van der Waals surface area contributed by atoms with Crippen molar-refractivity contribution in [1.29, 1.82) is 0 Å². The van der Waals surface area contributed by atoms with Gasteiger partial charge in [-0.25, -0.2) is 18.4 Å². The zero-order valence-electron chi connectivity index (χ0n) is 21.1. The molecule has 196 valence electrons. The van der Waals surface area contributed by atoms with E-state index in [-0.39, 0.29) is 48.6 Å². The van der Waals surface area contributed by atoms with Crippen LogP contribution in [0, 0.1) is 5.92 Å². The molecule has 0 aliphatic carbocycles. The molecule has 1 aromatic carbocycles. The summed E-state index contributed by atoms with van der Waals surface area (Å²) < 4.78 is 35.0. The van der Waals surface area contributed by atoms with Crippen LogP contribution in [0.3, 0.4) is 0 Å². The Balaban J connectivity index is 1.69. The Morgan fingerprint density at radius 1 is 1.16 bits per heavy atom. The average molecular weight is 526 g/mol. The lowest BCUT2D eigenvalue weighted by Crippen LogP contribution is -2.50. The van der Waals surface area contributed by atoms with Crippen LogP contribution in [0.4, 0.5) is 0 Å². The van der Waals surface area contributed by atoms with Crippen LogP contribution in [0.2, 0.25) is 0 Å². The van der Waals surface area contributed by atoms with Gasteiger partial charge in [0.05, 0.1) is 19.6 Å². The first-order chi connectivity index (χ1) is 17.7. The molecule has 2 aromatic heterocycles. The van der Waals surface area contributed by atoms with Crippen molar-refractivity contribution in [3.8, 4) is 16.9 Å². The zero-order chi connectivity index (χ0) is 26.6. The summed E-state index contributed by atoms with van der Waals surface area (Å²) in [5.74, 6) is -0.187. The number of pyridine rings is 1. The lowest BCUT2D eigenvalue weighted by molar-refractivity contribution is -0.130. The van der Waals surface area contributed by atoms with Gasteiger partial charge in [0.2, 0.25) is 15.9 Å². The van der Waals surface area contributed by atoms with Crippen molar-refractivity contribution in [2.24, 2.45) is 5.92 Å². The molecule has 11 heteroatoms. The first-order valence-corrected chi connectivity index (χ1v) is 13.5. The quantitative estimate of drug-likeness (QED) is 0.497. The van der Waals surface area contributed by atoms with Crippen LogP contribution < -0.4 is 4.74 Å². The van der Waals surface area contributed by atoms with E-state index in [1.807, 2.05) is 6.92 Å². The Hall–Kier alpha value is -3.41. The predicted octanol–water partition coefficient (Wildman–Crippen LogP) is 2.01. The molecule has 1 N–H and O–H groups in total. The fraction of sp³-hybridized carbons (Fsp3) is 0.385. The Labute approximate surface area is 217 Å². The van der Waals surface area contributed by atoms with Crippen LogP contribution >= 0.6 is 0 Å². The molecule has 0 unspecified atom stereocenters. The summed E-state index contributed by atoms with van der Waals surface area (Å²) in [6, 6.07) is 7.82. The minimum absolute atomic E-state index is 0.0102. The topological polar surface area (TPSA) is 126 Å². The van der Waals surface area contributed by atoms with Gasteiger partial charge < -0.3 is 14.7 Å². The van der Waals surface area contributed by atoms with E-state index in [2.05, 4.69) is 15.0 Å². The molecule has 10 nitrogen and oxygen atoms in total. The molecule has 3 aromatic rings. The number of ether oxygens (including phenoxy) is 1. The minimum atomic E-state index is -3.96. The van der Waals surface area contributed by atoms with E-state index in [9.17, 15) is 18.3 Å². The highest BCUT2D eigenvalue weighted by atomic mass is 32.2. The molecule has 0 bridgehead atoms. The number of carbonyl (C=O) groups excluding carboxylic acids is 1. The Morgan fingerprint density at radius 3 is 2.54 bits per heavy atom. The lowest BCUT2D eigenvalue weighted by Gasteiger charge is -2.37. The summed E-state index contributed by atoms with van der Waals surface area (Å²) in [7, 11) is -2.25. The fourth-order valence-electron chi connectivity index (χ4n) is 4.25. The SMILES string of the molecule is C[C@H](CO)N1C[C@H](C)[C@H](CN(C)C(=O)Cc2ccncc2)Oc2cc(-c3cncnc3)ccc2S1(=O)=O. The van der Waals surface area contributed by atoms with Crippen molar-refractivity contribution < 1.29 is 23.1 Å². The third-order valence-corrected chi connectivity index (χ3v) is 8.56. The van der Waals surface area contributed by atoms with Crippen molar-refractivity contribution in [1.82, 2.24) is 24.2 Å². The molecule has 4 rings (SSSR count). The number of aliphatic hydroxyl groups is 1. The maximum Gasteiger partial charge on any atom is 0.247 e. The monoisotopic (exact) mass is 525 g/mol. The van der Waals surface area contributed by atoms with E-state index in [0.29, 0.717) is 11.1 Å². The number of sulfonamides is 1. The van der Waals surface area contributed by atoms with Crippen molar-refractivity contribution in [3.63, 3.8) is 0 Å². The van der Waals surface area contributed by atoms with Gasteiger partial charge >= 0.3 is 0 Å². The van der Waals surface area contributed by atoms with Gasteiger partial charge in [-0.05, 0) is 42.3 Å². The van der Waals surface area contributed by atoms with Gasteiger partial charge in [0, 0.05) is 55.9 Å². The van der Waals surface area contributed by atoms with Gasteiger partial charge in [-0.2, -0.15) is 4.31 Å². The number of hydrogen-bond acceptors (Lipinski definition) is 8. The summed E-state index contributed by atoms with van der Waals surface area (Å²) in [5, 5.41) is 9.82. The van der Waals surface area contributed by atoms with Crippen LogP contribution in [0.25, 0.3) is 11.1 Å². The van der Waals surface area contributed by atoms with E-state index in [4.69, 9.17) is 4.74 Å². The van der Waals surface area contributed by atoms with Gasteiger partial charge in [0.1, 0.15) is 23.1 Å². The Kier molecular flexibility index (Phi) is 8.16. The number of benzene rings is 1. The second kappa shape index (κ2) is 11.3. The molecule has 0 saturated heterocycles. The van der Waals surface area contributed by atoms with Gasteiger partial charge in [-0.15, -0.1) is 0 Å². The first kappa shape index (κ1) is 26.6. The number of amides is 1. The first-order valence-electron chi connectivity index (χ1n) is 12.0. The second-order valence-corrected chi connectivity index (χ2v) is 11.2. The average Bonchev–Trinajstić information content (AvgIpc) is 2.91.